The molecule has 27 heavy (non-hydrogen) atoms. The second kappa shape index (κ2) is 9.33. The fourth-order valence-electron chi connectivity index (χ4n) is 2.28. The minimum absolute atomic E-state index is 0.236. The Kier molecular flexibility index (Phi) is 6.87. The van der Waals surface area contributed by atoms with Crippen molar-refractivity contribution in [1.29, 1.82) is 0 Å². The summed E-state index contributed by atoms with van der Waals surface area (Å²) in [5.41, 5.74) is 0.642. The molecule has 0 fully saturated rings. The molecule has 8 nitrogen and oxygen atoms in total. The molecule has 0 aliphatic heterocycles. The molecular formula is C19H21NO7. The SMILES string of the molecule is COc1ccc(OC)c(NC(=O)COC(=O)c2ccc(OC)c(OC)c2)c1. The topological polar surface area (TPSA) is 92.3 Å². The van der Waals surface area contributed by atoms with Gasteiger partial charge in [-0.15, -0.1) is 0 Å². The number of esters is 1. The Morgan fingerprint density at radius 2 is 1.48 bits per heavy atom. The quantitative estimate of drug-likeness (QED) is 0.709. The largest absolute Gasteiger partial charge is 0.497 e. The number of benzene rings is 2. The highest BCUT2D eigenvalue weighted by Gasteiger charge is 2.15. The maximum Gasteiger partial charge on any atom is 0.338 e. The van der Waals surface area contributed by atoms with Crippen molar-refractivity contribution in [1.82, 2.24) is 0 Å². The van der Waals surface area contributed by atoms with Gasteiger partial charge in [-0.05, 0) is 30.3 Å². The summed E-state index contributed by atoms with van der Waals surface area (Å²) in [5, 5.41) is 2.62. The molecule has 0 saturated heterocycles. The van der Waals surface area contributed by atoms with E-state index in [-0.39, 0.29) is 5.56 Å². The zero-order valence-corrected chi connectivity index (χ0v) is 15.5. The van der Waals surface area contributed by atoms with Crippen LogP contribution in [0.25, 0.3) is 0 Å². The van der Waals surface area contributed by atoms with E-state index in [1.54, 1.807) is 24.3 Å². The van der Waals surface area contributed by atoms with Gasteiger partial charge < -0.3 is 29.0 Å². The molecule has 0 aliphatic carbocycles. The number of anilines is 1. The highest BCUT2D eigenvalue weighted by Crippen LogP contribution is 2.29. The number of nitrogens with one attached hydrogen (secondary N) is 1. The molecule has 0 saturated carbocycles. The molecule has 0 bridgehead atoms. The van der Waals surface area contributed by atoms with Gasteiger partial charge in [-0.1, -0.05) is 0 Å². The van der Waals surface area contributed by atoms with E-state index in [0.29, 0.717) is 28.7 Å². The van der Waals surface area contributed by atoms with E-state index in [2.05, 4.69) is 5.32 Å². The van der Waals surface area contributed by atoms with Crippen molar-refractivity contribution in [2.75, 3.05) is 40.4 Å². The maximum atomic E-state index is 12.1. The molecule has 0 aromatic heterocycles. The summed E-state index contributed by atoms with van der Waals surface area (Å²) in [4.78, 5) is 24.3. The van der Waals surface area contributed by atoms with Crippen LogP contribution in [0.2, 0.25) is 0 Å². The van der Waals surface area contributed by atoms with E-state index in [4.69, 9.17) is 23.7 Å². The Labute approximate surface area is 156 Å². The Morgan fingerprint density at radius 3 is 2.11 bits per heavy atom. The van der Waals surface area contributed by atoms with Crippen molar-refractivity contribution < 1.29 is 33.3 Å². The molecule has 2 aromatic rings. The molecule has 8 heteroatoms. The van der Waals surface area contributed by atoms with Crippen molar-refractivity contribution in [3.8, 4) is 23.0 Å². The van der Waals surface area contributed by atoms with Gasteiger partial charge in [0, 0.05) is 6.07 Å². The van der Waals surface area contributed by atoms with Gasteiger partial charge in [0.2, 0.25) is 0 Å². The number of hydrogen-bond acceptors (Lipinski definition) is 7. The Balaban J connectivity index is 2.00. The van der Waals surface area contributed by atoms with E-state index in [0.717, 1.165) is 0 Å². The van der Waals surface area contributed by atoms with Crippen LogP contribution in [0.5, 0.6) is 23.0 Å². The molecule has 1 amide bonds. The van der Waals surface area contributed by atoms with Crippen LogP contribution in [0.4, 0.5) is 5.69 Å². The summed E-state index contributed by atoms with van der Waals surface area (Å²) < 4.78 is 25.6. The molecule has 2 aromatic carbocycles. The van der Waals surface area contributed by atoms with Gasteiger partial charge >= 0.3 is 5.97 Å². The van der Waals surface area contributed by atoms with Crippen molar-refractivity contribution in [3.05, 3.63) is 42.0 Å². The van der Waals surface area contributed by atoms with Crippen LogP contribution in [0.15, 0.2) is 36.4 Å². The van der Waals surface area contributed by atoms with Crippen LogP contribution in [0, 0.1) is 0 Å². The predicted octanol–water partition coefficient (Wildman–Crippen LogP) is 2.52. The van der Waals surface area contributed by atoms with Crippen molar-refractivity contribution >= 4 is 17.6 Å². The summed E-state index contributed by atoms with van der Waals surface area (Å²) >= 11 is 0. The summed E-state index contributed by atoms with van der Waals surface area (Å²) in [7, 11) is 5.95. The number of methoxy groups -OCH3 is 4. The van der Waals surface area contributed by atoms with Gasteiger partial charge in [0.25, 0.3) is 5.91 Å². The molecule has 0 spiro atoms. The van der Waals surface area contributed by atoms with Gasteiger partial charge in [0.1, 0.15) is 11.5 Å². The van der Waals surface area contributed by atoms with Gasteiger partial charge in [0.15, 0.2) is 18.1 Å². The summed E-state index contributed by atoms with van der Waals surface area (Å²) in [6.45, 7) is -0.465. The first kappa shape index (κ1) is 19.9. The van der Waals surface area contributed by atoms with Crippen molar-refractivity contribution in [2.45, 2.75) is 0 Å². The maximum absolute atomic E-state index is 12.1. The molecule has 144 valence electrons. The van der Waals surface area contributed by atoms with E-state index in [9.17, 15) is 9.59 Å². The number of hydrogen-bond donors (Lipinski definition) is 1. The molecule has 2 rings (SSSR count). The van der Waals surface area contributed by atoms with Gasteiger partial charge in [-0.3, -0.25) is 4.79 Å². The van der Waals surface area contributed by atoms with Crippen LogP contribution >= 0.6 is 0 Å². The van der Waals surface area contributed by atoms with E-state index < -0.39 is 18.5 Å². The van der Waals surface area contributed by atoms with E-state index >= 15 is 0 Å². The fourth-order valence-corrected chi connectivity index (χ4v) is 2.28. The lowest BCUT2D eigenvalue weighted by Crippen LogP contribution is -2.21. The van der Waals surface area contributed by atoms with Crippen molar-refractivity contribution in [2.24, 2.45) is 0 Å². The van der Waals surface area contributed by atoms with E-state index in [1.807, 2.05) is 0 Å². The summed E-state index contributed by atoms with van der Waals surface area (Å²) in [6.07, 6.45) is 0. The summed E-state index contributed by atoms with van der Waals surface area (Å²) in [5.74, 6) is 0.692. The standard InChI is InChI=1S/C19H21NO7/c1-23-13-6-8-15(24-2)14(10-13)20-18(21)11-27-19(22)12-5-7-16(25-3)17(9-12)26-4/h5-10H,11H2,1-4H3,(H,20,21). The van der Waals surface area contributed by atoms with Crippen LogP contribution in [0.3, 0.4) is 0 Å². The van der Waals surface area contributed by atoms with Crippen LogP contribution < -0.4 is 24.3 Å². The van der Waals surface area contributed by atoms with Gasteiger partial charge in [0.05, 0.1) is 39.7 Å². The normalized spacial score (nSPS) is 9.93. The Bertz CT molecular complexity index is 820. The molecule has 1 N–H and O–H groups in total. The van der Waals surface area contributed by atoms with Crippen LogP contribution in [-0.4, -0.2) is 46.9 Å². The smallest absolute Gasteiger partial charge is 0.338 e. The first-order valence-electron chi connectivity index (χ1n) is 7.93. The summed E-state index contributed by atoms with van der Waals surface area (Å²) in [6, 6.07) is 9.54. The number of carbonyl (C=O) groups is 2. The Hall–Kier alpha value is -3.42. The third-order valence-corrected chi connectivity index (χ3v) is 3.63. The minimum atomic E-state index is -0.663. The molecule has 0 atom stereocenters. The first-order chi connectivity index (χ1) is 13.0. The van der Waals surface area contributed by atoms with Gasteiger partial charge in [-0.25, -0.2) is 4.79 Å². The van der Waals surface area contributed by atoms with E-state index in [1.165, 1.54) is 40.6 Å². The predicted molar refractivity (Wildman–Crippen MR) is 98.0 cm³/mol. The van der Waals surface area contributed by atoms with Crippen LogP contribution in [0.1, 0.15) is 10.4 Å². The molecule has 0 heterocycles. The molecule has 0 radical (unpaired) electrons. The molecular weight excluding hydrogens is 354 g/mol. The third kappa shape index (κ3) is 5.04. The monoisotopic (exact) mass is 375 g/mol. The zero-order valence-electron chi connectivity index (χ0n) is 15.5. The second-order valence-corrected chi connectivity index (χ2v) is 5.26. The lowest BCUT2D eigenvalue weighted by Gasteiger charge is -2.12. The van der Waals surface area contributed by atoms with Crippen molar-refractivity contribution in [3.63, 3.8) is 0 Å². The fraction of sp³-hybridized carbons (Fsp3) is 0.263. The average Bonchev–Trinajstić information content (AvgIpc) is 2.71. The highest BCUT2D eigenvalue weighted by atomic mass is 16.5. The number of ether oxygens (including phenoxy) is 5. The van der Waals surface area contributed by atoms with Crippen LogP contribution in [-0.2, 0) is 9.53 Å². The lowest BCUT2D eigenvalue weighted by molar-refractivity contribution is -0.119. The second-order valence-electron chi connectivity index (χ2n) is 5.26. The highest BCUT2D eigenvalue weighted by molar-refractivity contribution is 5.96. The van der Waals surface area contributed by atoms with Gasteiger partial charge in [-0.2, -0.15) is 0 Å². The first-order valence-corrected chi connectivity index (χ1v) is 7.93. The number of carbonyl (C=O) groups excluding carboxylic acids is 2. The number of rotatable bonds is 8. The Morgan fingerprint density at radius 1 is 0.815 bits per heavy atom. The zero-order chi connectivity index (χ0) is 19.8. The minimum Gasteiger partial charge on any atom is -0.497 e. The lowest BCUT2D eigenvalue weighted by atomic mass is 10.2. The molecule has 0 aliphatic rings. The third-order valence-electron chi connectivity index (χ3n) is 3.63. The number of amides is 1. The average molecular weight is 375 g/mol. The molecule has 0 unspecified atom stereocenters.